The van der Waals surface area contributed by atoms with Gasteiger partial charge in [-0.25, -0.2) is 0 Å². The molecule has 2 heteroatoms. The van der Waals surface area contributed by atoms with Gasteiger partial charge in [-0.05, 0) is 37.9 Å². The van der Waals surface area contributed by atoms with Gasteiger partial charge in [0.1, 0.15) is 0 Å². The Hall–Kier alpha value is -1.02. The lowest BCUT2D eigenvalue weighted by Crippen LogP contribution is -2.22. The molecule has 17 heavy (non-hydrogen) atoms. The van der Waals surface area contributed by atoms with Crippen LogP contribution in [0.1, 0.15) is 30.9 Å². The van der Waals surface area contributed by atoms with Crippen LogP contribution in [0, 0.1) is 12.8 Å². The van der Waals surface area contributed by atoms with Crippen LogP contribution in [0.4, 0.5) is 5.69 Å². The predicted molar refractivity (Wildman–Crippen MR) is 74.6 cm³/mol. The largest absolute Gasteiger partial charge is 0.371 e. The van der Waals surface area contributed by atoms with Crippen LogP contribution in [0.5, 0.6) is 0 Å². The quantitative estimate of drug-likeness (QED) is 0.858. The molecule has 0 radical (unpaired) electrons. The Kier molecular flexibility index (Phi) is 4.06. The number of nitrogens with zero attached hydrogens (tertiary/aromatic N) is 1. The zero-order valence-corrected chi connectivity index (χ0v) is 11.3. The van der Waals surface area contributed by atoms with E-state index in [9.17, 15) is 0 Å². The van der Waals surface area contributed by atoms with E-state index in [1.165, 1.54) is 42.7 Å². The summed E-state index contributed by atoms with van der Waals surface area (Å²) < 4.78 is 0. The van der Waals surface area contributed by atoms with Gasteiger partial charge in [-0.3, -0.25) is 0 Å². The van der Waals surface area contributed by atoms with Gasteiger partial charge in [-0.2, -0.15) is 0 Å². The Morgan fingerprint density at radius 3 is 2.88 bits per heavy atom. The molecule has 0 saturated carbocycles. The Bertz CT molecular complexity index is 373. The molecule has 0 spiro atoms. The van der Waals surface area contributed by atoms with Crippen molar-refractivity contribution in [3.63, 3.8) is 0 Å². The Morgan fingerprint density at radius 1 is 1.41 bits per heavy atom. The number of hydrogen-bond donors (Lipinski definition) is 1. The van der Waals surface area contributed by atoms with E-state index in [1.54, 1.807) is 0 Å². The minimum Gasteiger partial charge on any atom is -0.371 e. The third-order valence-corrected chi connectivity index (χ3v) is 3.81. The summed E-state index contributed by atoms with van der Waals surface area (Å²) in [6.45, 7) is 7.89. The van der Waals surface area contributed by atoms with E-state index in [1.807, 2.05) is 7.05 Å². The van der Waals surface area contributed by atoms with Crippen molar-refractivity contribution in [3.05, 3.63) is 29.3 Å². The van der Waals surface area contributed by atoms with Gasteiger partial charge in [-0.15, -0.1) is 0 Å². The fourth-order valence-electron chi connectivity index (χ4n) is 2.74. The van der Waals surface area contributed by atoms with E-state index in [0.29, 0.717) is 0 Å². The number of benzene rings is 1. The second-order valence-electron chi connectivity index (χ2n) is 5.17. The molecule has 1 heterocycles. The van der Waals surface area contributed by atoms with Crippen molar-refractivity contribution in [1.82, 2.24) is 5.32 Å². The monoisotopic (exact) mass is 232 g/mol. The van der Waals surface area contributed by atoms with Crippen LogP contribution < -0.4 is 10.2 Å². The molecule has 1 aromatic carbocycles. The van der Waals surface area contributed by atoms with Gasteiger partial charge in [0.2, 0.25) is 0 Å². The standard InChI is InChI=1S/C15H24N2/c1-4-13-7-8-17(11-13)15-6-5-12(2)9-14(15)10-16-3/h5-6,9,13,16H,4,7-8,10-11H2,1-3H3. The maximum absolute atomic E-state index is 3.27. The molecule has 2 rings (SSSR count). The third-order valence-electron chi connectivity index (χ3n) is 3.81. The van der Waals surface area contributed by atoms with Gasteiger partial charge in [0, 0.05) is 25.3 Å². The minimum absolute atomic E-state index is 0.888. The molecule has 1 fully saturated rings. The Labute approximate surface area is 105 Å². The van der Waals surface area contributed by atoms with E-state index in [4.69, 9.17) is 0 Å². The second kappa shape index (κ2) is 5.54. The van der Waals surface area contributed by atoms with E-state index >= 15 is 0 Å². The van der Waals surface area contributed by atoms with Crippen LogP contribution in [-0.4, -0.2) is 20.1 Å². The lowest BCUT2D eigenvalue weighted by atomic mass is 10.1. The SMILES string of the molecule is CCC1CCN(c2ccc(C)cc2CNC)C1. The summed E-state index contributed by atoms with van der Waals surface area (Å²) in [5.41, 5.74) is 4.22. The summed E-state index contributed by atoms with van der Waals surface area (Å²) in [7, 11) is 2.02. The topological polar surface area (TPSA) is 15.3 Å². The molecule has 2 nitrogen and oxygen atoms in total. The smallest absolute Gasteiger partial charge is 0.0412 e. The molecule has 1 atom stereocenters. The van der Waals surface area contributed by atoms with Crippen molar-refractivity contribution in [3.8, 4) is 0 Å². The van der Waals surface area contributed by atoms with E-state index in [0.717, 1.165) is 12.5 Å². The summed E-state index contributed by atoms with van der Waals surface area (Å²) in [5, 5.41) is 3.27. The average Bonchev–Trinajstić information content (AvgIpc) is 2.78. The van der Waals surface area contributed by atoms with Crippen molar-refractivity contribution < 1.29 is 0 Å². The molecular formula is C15H24N2. The first-order valence-corrected chi connectivity index (χ1v) is 6.73. The summed E-state index contributed by atoms with van der Waals surface area (Å²) in [6, 6.07) is 6.83. The lowest BCUT2D eigenvalue weighted by molar-refractivity contribution is 0.569. The van der Waals surface area contributed by atoms with Crippen LogP contribution in [0.3, 0.4) is 0 Å². The molecule has 1 aromatic rings. The molecule has 0 aliphatic carbocycles. The third kappa shape index (κ3) is 2.81. The van der Waals surface area contributed by atoms with E-state index in [2.05, 4.69) is 42.3 Å². The van der Waals surface area contributed by atoms with Gasteiger partial charge < -0.3 is 10.2 Å². The number of anilines is 1. The minimum atomic E-state index is 0.888. The first-order chi connectivity index (χ1) is 8.24. The van der Waals surface area contributed by atoms with Crippen molar-refractivity contribution in [1.29, 1.82) is 0 Å². The highest BCUT2D eigenvalue weighted by Gasteiger charge is 2.22. The highest BCUT2D eigenvalue weighted by Crippen LogP contribution is 2.29. The first-order valence-electron chi connectivity index (χ1n) is 6.73. The maximum Gasteiger partial charge on any atom is 0.0412 e. The van der Waals surface area contributed by atoms with Crippen molar-refractivity contribution in [2.24, 2.45) is 5.92 Å². The fraction of sp³-hybridized carbons (Fsp3) is 0.600. The summed E-state index contributed by atoms with van der Waals surface area (Å²) in [5.74, 6) is 0.888. The molecular weight excluding hydrogens is 208 g/mol. The number of rotatable bonds is 4. The second-order valence-corrected chi connectivity index (χ2v) is 5.17. The van der Waals surface area contributed by atoms with Crippen LogP contribution in [-0.2, 0) is 6.54 Å². The maximum atomic E-state index is 3.27. The van der Waals surface area contributed by atoms with Crippen molar-refractivity contribution in [2.45, 2.75) is 33.2 Å². The van der Waals surface area contributed by atoms with Gasteiger partial charge in [0.15, 0.2) is 0 Å². The van der Waals surface area contributed by atoms with Gasteiger partial charge >= 0.3 is 0 Å². The molecule has 1 saturated heterocycles. The van der Waals surface area contributed by atoms with Gasteiger partial charge in [-0.1, -0.05) is 31.0 Å². The lowest BCUT2D eigenvalue weighted by Gasteiger charge is -2.22. The number of aryl methyl sites for hydroxylation is 1. The summed E-state index contributed by atoms with van der Waals surface area (Å²) in [4.78, 5) is 2.56. The molecule has 1 N–H and O–H groups in total. The molecule has 1 unspecified atom stereocenters. The Morgan fingerprint density at radius 2 is 2.24 bits per heavy atom. The fourth-order valence-corrected chi connectivity index (χ4v) is 2.74. The molecule has 1 aliphatic heterocycles. The highest BCUT2D eigenvalue weighted by molar-refractivity contribution is 5.55. The zero-order valence-electron chi connectivity index (χ0n) is 11.3. The van der Waals surface area contributed by atoms with Crippen LogP contribution in [0.2, 0.25) is 0 Å². The number of nitrogens with one attached hydrogen (secondary N) is 1. The first kappa shape index (κ1) is 12.4. The average molecular weight is 232 g/mol. The van der Waals surface area contributed by atoms with Crippen LogP contribution in [0.15, 0.2) is 18.2 Å². The molecule has 0 aromatic heterocycles. The van der Waals surface area contributed by atoms with Crippen molar-refractivity contribution in [2.75, 3.05) is 25.0 Å². The molecule has 1 aliphatic rings. The Balaban J connectivity index is 2.19. The van der Waals surface area contributed by atoms with E-state index < -0.39 is 0 Å². The van der Waals surface area contributed by atoms with E-state index in [-0.39, 0.29) is 0 Å². The van der Waals surface area contributed by atoms with Crippen LogP contribution in [0.25, 0.3) is 0 Å². The highest BCUT2D eigenvalue weighted by atomic mass is 15.2. The normalized spacial score (nSPS) is 19.9. The molecule has 94 valence electrons. The molecule has 0 amide bonds. The van der Waals surface area contributed by atoms with Gasteiger partial charge in [0.25, 0.3) is 0 Å². The summed E-state index contributed by atoms with van der Waals surface area (Å²) in [6.07, 6.45) is 2.66. The number of hydrogen-bond acceptors (Lipinski definition) is 2. The summed E-state index contributed by atoms with van der Waals surface area (Å²) >= 11 is 0. The zero-order chi connectivity index (χ0) is 12.3. The van der Waals surface area contributed by atoms with Gasteiger partial charge in [0.05, 0.1) is 0 Å². The molecule has 0 bridgehead atoms. The predicted octanol–water partition coefficient (Wildman–Crippen LogP) is 2.95. The van der Waals surface area contributed by atoms with Crippen molar-refractivity contribution >= 4 is 5.69 Å². The van der Waals surface area contributed by atoms with Crippen LogP contribution >= 0.6 is 0 Å².